The summed E-state index contributed by atoms with van der Waals surface area (Å²) >= 11 is 5.05. The number of ether oxygens (including phenoxy) is 1. The van der Waals surface area contributed by atoms with Crippen LogP contribution in [0.4, 0.5) is 0 Å². The van der Waals surface area contributed by atoms with E-state index < -0.39 is 0 Å². The average molecular weight is 289 g/mol. The Morgan fingerprint density at radius 2 is 2.10 bits per heavy atom. The van der Waals surface area contributed by atoms with Crippen molar-refractivity contribution in [3.8, 4) is 11.6 Å². The van der Waals surface area contributed by atoms with E-state index in [1.165, 1.54) is 0 Å². The molecular formula is C14H15N3O2S. The largest absolute Gasteiger partial charge is 0.437 e. The molecule has 0 radical (unpaired) electrons. The molecule has 5 nitrogen and oxygen atoms in total. The highest BCUT2D eigenvalue weighted by molar-refractivity contribution is 7.80. The van der Waals surface area contributed by atoms with Crippen LogP contribution in [0.1, 0.15) is 22.4 Å². The van der Waals surface area contributed by atoms with Crippen molar-refractivity contribution in [2.24, 2.45) is 5.73 Å². The van der Waals surface area contributed by atoms with Gasteiger partial charge in [0.05, 0.1) is 17.9 Å². The molecular weight excluding hydrogens is 274 g/mol. The van der Waals surface area contributed by atoms with Gasteiger partial charge in [-0.05, 0) is 37.1 Å². The van der Waals surface area contributed by atoms with Crippen molar-refractivity contribution in [3.63, 3.8) is 0 Å². The van der Waals surface area contributed by atoms with Gasteiger partial charge < -0.3 is 15.6 Å². The van der Waals surface area contributed by atoms with Crippen molar-refractivity contribution >= 4 is 17.2 Å². The minimum atomic E-state index is -0.0576. The smallest absolute Gasteiger partial charge is 0.249 e. The van der Waals surface area contributed by atoms with E-state index in [1.807, 2.05) is 13.8 Å². The van der Waals surface area contributed by atoms with Crippen molar-refractivity contribution in [2.45, 2.75) is 20.5 Å². The van der Waals surface area contributed by atoms with Gasteiger partial charge in [0.2, 0.25) is 5.88 Å². The molecule has 0 aliphatic rings. The Kier molecular flexibility index (Phi) is 4.26. The molecule has 2 rings (SSSR count). The van der Waals surface area contributed by atoms with Crippen LogP contribution in [0.15, 0.2) is 24.3 Å². The third-order valence-electron chi connectivity index (χ3n) is 2.96. The minimum Gasteiger partial charge on any atom is -0.437 e. The number of aliphatic hydroxyl groups is 1. The van der Waals surface area contributed by atoms with Crippen molar-refractivity contribution in [3.05, 3.63) is 46.6 Å². The predicted octanol–water partition coefficient (Wildman–Crippen LogP) is 2.01. The first kappa shape index (κ1) is 14.4. The average Bonchev–Trinajstić information content (AvgIpc) is 2.43. The second-order valence-electron chi connectivity index (χ2n) is 4.36. The van der Waals surface area contributed by atoms with Crippen LogP contribution >= 0.6 is 12.2 Å². The highest BCUT2D eigenvalue weighted by Crippen LogP contribution is 2.26. The molecule has 1 heterocycles. The second kappa shape index (κ2) is 5.94. The number of aromatic nitrogens is 2. The molecule has 2 aromatic rings. The van der Waals surface area contributed by atoms with Gasteiger partial charge in [-0.1, -0.05) is 24.4 Å². The zero-order valence-electron chi connectivity index (χ0n) is 11.3. The molecule has 3 N–H and O–H groups in total. The fourth-order valence-electron chi connectivity index (χ4n) is 1.77. The number of nitrogens with two attached hydrogens (primary N) is 1. The summed E-state index contributed by atoms with van der Waals surface area (Å²) in [4.78, 5) is 0.216. The molecule has 0 spiro atoms. The van der Waals surface area contributed by atoms with Gasteiger partial charge in [0.25, 0.3) is 0 Å². The maximum Gasteiger partial charge on any atom is 0.249 e. The lowest BCUT2D eigenvalue weighted by molar-refractivity contribution is 0.281. The van der Waals surface area contributed by atoms with E-state index in [9.17, 15) is 0 Å². The predicted molar refractivity (Wildman–Crippen MR) is 79.8 cm³/mol. The zero-order valence-corrected chi connectivity index (χ0v) is 12.1. The lowest BCUT2D eigenvalue weighted by Crippen LogP contribution is -2.15. The molecule has 0 fully saturated rings. The van der Waals surface area contributed by atoms with Crippen LogP contribution in [-0.4, -0.2) is 20.3 Å². The van der Waals surface area contributed by atoms with Crippen molar-refractivity contribution < 1.29 is 9.84 Å². The number of nitrogens with zero attached hydrogens (tertiary/aromatic N) is 2. The summed E-state index contributed by atoms with van der Waals surface area (Å²) in [6, 6.07) is 7.07. The normalized spacial score (nSPS) is 10.3. The molecule has 0 unspecified atom stereocenters. The van der Waals surface area contributed by atoms with Gasteiger partial charge in [-0.2, -0.15) is 5.10 Å². The highest BCUT2D eigenvalue weighted by Gasteiger charge is 2.15. The molecule has 0 amide bonds. The van der Waals surface area contributed by atoms with Gasteiger partial charge in [0.1, 0.15) is 10.7 Å². The number of hydrogen-bond donors (Lipinski definition) is 2. The standard InChI is InChI=1S/C14H15N3O2S/c1-8-9(2)16-17-14(12(8)13(15)20)19-11-5-3-4-10(6-11)7-18/h3-6,18H,7H2,1-2H3,(H2,15,20). The number of rotatable bonds is 4. The monoisotopic (exact) mass is 289 g/mol. The van der Waals surface area contributed by atoms with Crippen LogP contribution in [0.2, 0.25) is 0 Å². The van der Waals surface area contributed by atoms with Gasteiger partial charge in [-0.3, -0.25) is 0 Å². The van der Waals surface area contributed by atoms with E-state index in [1.54, 1.807) is 24.3 Å². The second-order valence-corrected chi connectivity index (χ2v) is 4.80. The first-order valence-electron chi connectivity index (χ1n) is 6.04. The third kappa shape index (κ3) is 2.92. The Hall–Kier alpha value is -2.05. The third-order valence-corrected chi connectivity index (χ3v) is 3.17. The number of thiocarbonyl (C=S) groups is 1. The summed E-state index contributed by atoms with van der Waals surface area (Å²) in [5.74, 6) is 0.822. The van der Waals surface area contributed by atoms with E-state index in [0.717, 1.165) is 16.8 Å². The van der Waals surface area contributed by atoms with Crippen molar-refractivity contribution in [1.82, 2.24) is 10.2 Å². The summed E-state index contributed by atoms with van der Waals surface area (Å²) in [6.45, 7) is 3.65. The fraction of sp³-hybridized carbons (Fsp3) is 0.214. The molecule has 0 atom stereocenters. The van der Waals surface area contributed by atoms with Crippen LogP contribution in [0, 0.1) is 13.8 Å². The van der Waals surface area contributed by atoms with Gasteiger partial charge in [0, 0.05) is 0 Å². The summed E-state index contributed by atoms with van der Waals surface area (Å²) in [7, 11) is 0. The highest BCUT2D eigenvalue weighted by atomic mass is 32.1. The Morgan fingerprint density at radius 3 is 2.75 bits per heavy atom. The van der Waals surface area contributed by atoms with Crippen LogP contribution in [-0.2, 0) is 6.61 Å². The van der Waals surface area contributed by atoms with E-state index in [-0.39, 0.29) is 17.5 Å². The molecule has 0 bridgehead atoms. The number of hydrogen-bond acceptors (Lipinski definition) is 5. The van der Waals surface area contributed by atoms with E-state index in [0.29, 0.717) is 11.3 Å². The van der Waals surface area contributed by atoms with Gasteiger partial charge in [0.15, 0.2) is 0 Å². The Morgan fingerprint density at radius 1 is 1.35 bits per heavy atom. The molecule has 104 valence electrons. The van der Waals surface area contributed by atoms with Crippen LogP contribution in [0.3, 0.4) is 0 Å². The van der Waals surface area contributed by atoms with E-state index in [2.05, 4.69) is 10.2 Å². The molecule has 0 aliphatic heterocycles. The number of aryl methyl sites for hydroxylation is 1. The SMILES string of the molecule is Cc1nnc(Oc2cccc(CO)c2)c(C(N)=S)c1C. The topological polar surface area (TPSA) is 81.3 Å². The maximum atomic E-state index is 9.13. The minimum absolute atomic E-state index is 0.0576. The lowest BCUT2D eigenvalue weighted by atomic mass is 10.1. The van der Waals surface area contributed by atoms with E-state index >= 15 is 0 Å². The van der Waals surface area contributed by atoms with Crippen LogP contribution in [0.25, 0.3) is 0 Å². The molecule has 1 aromatic heterocycles. The van der Waals surface area contributed by atoms with Gasteiger partial charge >= 0.3 is 0 Å². The summed E-state index contributed by atoms with van der Waals surface area (Å²) < 4.78 is 5.70. The Labute approximate surface area is 122 Å². The first-order valence-corrected chi connectivity index (χ1v) is 6.45. The van der Waals surface area contributed by atoms with Gasteiger partial charge in [-0.15, -0.1) is 5.10 Å². The summed E-state index contributed by atoms with van der Waals surface area (Å²) in [5, 5.41) is 17.2. The van der Waals surface area contributed by atoms with Crippen LogP contribution in [0.5, 0.6) is 11.6 Å². The molecule has 20 heavy (non-hydrogen) atoms. The molecule has 0 aliphatic carbocycles. The molecule has 0 saturated heterocycles. The molecule has 6 heteroatoms. The van der Waals surface area contributed by atoms with E-state index in [4.69, 9.17) is 27.8 Å². The Balaban J connectivity index is 2.43. The fourth-order valence-corrected chi connectivity index (χ4v) is 2.01. The first-order chi connectivity index (χ1) is 9.52. The Bertz CT molecular complexity index is 659. The number of benzene rings is 1. The van der Waals surface area contributed by atoms with Crippen molar-refractivity contribution in [2.75, 3.05) is 0 Å². The number of aliphatic hydroxyl groups excluding tert-OH is 1. The van der Waals surface area contributed by atoms with Crippen LogP contribution < -0.4 is 10.5 Å². The summed E-state index contributed by atoms with van der Waals surface area (Å²) in [5.41, 5.74) is 8.67. The molecule has 1 aromatic carbocycles. The lowest BCUT2D eigenvalue weighted by Gasteiger charge is -2.12. The quantitative estimate of drug-likeness (QED) is 0.838. The maximum absolute atomic E-state index is 9.13. The summed E-state index contributed by atoms with van der Waals surface area (Å²) in [6.07, 6.45) is 0. The molecule has 0 saturated carbocycles. The zero-order chi connectivity index (χ0) is 14.7. The van der Waals surface area contributed by atoms with Gasteiger partial charge in [-0.25, -0.2) is 0 Å². The van der Waals surface area contributed by atoms with Crippen molar-refractivity contribution in [1.29, 1.82) is 0 Å².